The lowest BCUT2D eigenvalue weighted by Crippen LogP contribution is -1.94. The van der Waals surface area contributed by atoms with E-state index in [0.29, 0.717) is 11.6 Å². The Kier molecular flexibility index (Phi) is 2.95. The quantitative estimate of drug-likeness (QED) is 0.681. The number of fused-ring (bicyclic) bond motifs is 1. The summed E-state index contributed by atoms with van der Waals surface area (Å²) in [7, 11) is 0. The third kappa shape index (κ3) is 2.07. The number of benzene rings is 2. The van der Waals surface area contributed by atoms with Gasteiger partial charge >= 0.3 is 0 Å². The van der Waals surface area contributed by atoms with Crippen molar-refractivity contribution in [1.29, 1.82) is 0 Å². The number of halogens is 1. The monoisotopic (exact) mass is 258 g/mol. The van der Waals surface area contributed by atoms with E-state index in [4.69, 9.17) is 20.8 Å². The van der Waals surface area contributed by atoms with Gasteiger partial charge in [-0.15, -0.1) is 0 Å². The maximum absolute atomic E-state index is 6.17. The molecule has 0 spiro atoms. The summed E-state index contributed by atoms with van der Waals surface area (Å²) in [5, 5.41) is 1.61. The van der Waals surface area contributed by atoms with Crippen LogP contribution < -0.4 is 4.74 Å². The van der Waals surface area contributed by atoms with Gasteiger partial charge in [0, 0.05) is 10.9 Å². The first kappa shape index (κ1) is 11.2. The molecule has 0 saturated carbocycles. The van der Waals surface area contributed by atoms with E-state index in [0.717, 1.165) is 22.3 Å². The fourth-order valence-corrected chi connectivity index (χ4v) is 2.18. The molecule has 0 aliphatic heterocycles. The Morgan fingerprint density at radius 2 is 1.83 bits per heavy atom. The Hall–Kier alpha value is -1.93. The van der Waals surface area contributed by atoms with Gasteiger partial charge in [-0.3, -0.25) is 0 Å². The molecule has 0 atom stereocenters. The Morgan fingerprint density at radius 1 is 1.00 bits per heavy atom. The standard InChI is InChI=1S/C15H11ClO2/c16-13-7-4-8-14-15(13)11(10-18-14)9-17-12-5-2-1-3-6-12/h1-8,10H,9H2. The van der Waals surface area contributed by atoms with E-state index in [1.807, 2.05) is 48.5 Å². The highest BCUT2D eigenvalue weighted by Gasteiger charge is 2.09. The van der Waals surface area contributed by atoms with E-state index in [-0.39, 0.29) is 0 Å². The number of ether oxygens (including phenoxy) is 1. The summed E-state index contributed by atoms with van der Waals surface area (Å²) in [6.45, 7) is 0.445. The van der Waals surface area contributed by atoms with Crippen LogP contribution in [0.5, 0.6) is 5.75 Å². The minimum atomic E-state index is 0.445. The molecule has 0 N–H and O–H groups in total. The summed E-state index contributed by atoms with van der Waals surface area (Å²) >= 11 is 6.17. The molecule has 3 heteroatoms. The molecule has 90 valence electrons. The zero-order valence-electron chi connectivity index (χ0n) is 9.60. The lowest BCUT2D eigenvalue weighted by molar-refractivity contribution is 0.306. The van der Waals surface area contributed by atoms with Crippen LogP contribution in [0.25, 0.3) is 11.0 Å². The molecule has 0 unspecified atom stereocenters. The van der Waals surface area contributed by atoms with Gasteiger partial charge in [0.1, 0.15) is 17.9 Å². The van der Waals surface area contributed by atoms with Gasteiger partial charge in [0.25, 0.3) is 0 Å². The van der Waals surface area contributed by atoms with Gasteiger partial charge in [-0.25, -0.2) is 0 Å². The maximum atomic E-state index is 6.17. The summed E-state index contributed by atoms with van der Waals surface area (Å²) in [4.78, 5) is 0. The van der Waals surface area contributed by atoms with Crippen LogP contribution in [0.3, 0.4) is 0 Å². The van der Waals surface area contributed by atoms with Crippen LogP contribution >= 0.6 is 11.6 Å². The fraction of sp³-hybridized carbons (Fsp3) is 0.0667. The van der Waals surface area contributed by atoms with Gasteiger partial charge in [-0.05, 0) is 24.3 Å². The maximum Gasteiger partial charge on any atom is 0.135 e. The van der Waals surface area contributed by atoms with Crippen molar-refractivity contribution >= 4 is 22.6 Å². The number of para-hydroxylation sites is 1. The minimum absolute atomic E-state index is 0.445. The first-order chi connectivity index (χ1) is 8.84. The summed E-state index contributed by atoms with van der Waals surface area (Å²) in [5.41, 5.74) is 1.74. The lowest BCUT2D eigenvalue weighted by atomic mass is 10.2. The molecule has 1 heterocycles. The molecule has 0 bridgehead atoms. The molecule has 3 rings (SSSR count). The van der Waals surface area contributed by atoms with Crippen LogP contribution in [0.1, 0.15) is 5.56 Å². The SMILES string of the molecule is Clc1cccc2occ(COc3ccccc3)c12. The smallest absolute Gasteiger partial charge is 0.135 e. The zero-order chi connectivity index (χ0) is 12.4. The van der Waals surface area contributed by atoms with Crippen molar-refractivity contribution in [1.82, 2.24) is 0 Å². The van der Waals surface area contributed by atoms with E-state index in [9.17, 15) is 0 Å². The number of rotatable bonds is 3. The Labute approximate surface area is 110 Å². The lowest BCUT2D eigenvalue weighted by Gasteiger charge is -2.04. The van der Waals surface area contributed by atoms with Crippen molar-refractivity contribution in [3.63, 3.8) is 0 Å². The molecular weight excluding hydrogens is 248 g/mol. The molecule has 0 aliphatic rings. The van der Waals surface area contributed by atoms with Gasteiger partial charge in [0.2, 0.25) is 0 Å². The van der Waals surface area contributed by atoms with E-state index in [1.165, 1.54) is 0 Å². The van der Waals surface area contributed by atoms with Crippen LogP contribution in [0.4, 0.5) is 0 Å². The number of hydrogen-bond acceptors (Lipinski definition) is 2. The zero-order valence-corrected chi connectivity index (χ0v) is 10.4. The van der Waals surface area contributed by atoms with Crippen LogP contribution in [0.2, 0.25) is 5.02 Å². The predicted octanol–water partition coefficient (Wildman–Crippen LogP) is 4.67. The molecule has 2 nitrogen and oxygen atoms in total. The normalized spacial score (nSPS) is 10.7. The molecule has 3 aromatic rings. The van der Waals surface area contributed by atoms with Crippen molar-refractivity contribution in [3.8, 4) is 5.75 Å². The Balaban J connectivity index is 1.87. The Bertz CT molecular complexity index is 659. The second-order valence-corrected chi connectivity index (χ2v) is 4.38. The summed E-state index contributed by atoms with van der Waals surface area (Å²) < 4.78 is 11.1. The summed E-state index contributed by atoms with van der Waals surface area (Å²) in [6, 6.07) is 15.3. The van der Waals surface area contributed by atoms with Crippen LogP contribution in [0.15, 0.2) is 59.2 Å². The average Bonchev–Trinajstić information content (AvgIpc) is 2.82. The summed E-state index contributed by atoms with van der Waals surface area (Å²) in [5.74, 6) is 0.832. The second kappa shape index (κ2) is 4.75. The third-order valence-electron chi connectivity index (χ3n) is 2.76. The second-order valence-electron chi connectivity index (χ2n) is 3.98. The number of furan rings is 1. The topological polar surface area (TPSA) is 22.4 Å². The van der Waals surface area contributed by atoms with E-state index in [2.05, 4.69) is 0 Å². The molecule has 2 aromatic carbocycles. The van der Waals surface area contributed by atoms with Crippen LogP contribution in [0, 0.1) is 0 Å². The molecule has 0 amide bonds. The third-order valence-corrected chi connectivity index (χ3v) is 3.08. The largest absolute Gasteiger partial charge is 0.489 e. The van der Waals surface area contributed by atoms with Gasteiger partial charge in [0.05, 0.1) is 11.3 Å². The molecule has 0 aliphatic carbocycles. The van der Waals surface area contributed by atoms with Crippen molar-refractivity contribution in [2.75, 3.05) is 0 Å². The molecule has 0 fully saturated rings. The van der Waals surface area contributed by atoms with Gasteiger partial charge in [-0.2, -0.15) is 0 Å². The van der Waals surface area contributed by atoms with E-state index in [1.54, 1.807) is 6.26 Å². The van der Waals surface area contributed by atoms with Crippen LogP contribution in [-0.2, 0) is 6.61 Å². The van der Waals surface area contributed by atoms with Crippen molar-refractivity contribution in [3.05, 3.63) is 65.4 Å². The first-order valence-corrected chi connectivity index (χ1v) is 6.05. The van der Waals surface area contributed by atoms with Crippen LogP contribution in [-0.4, -0.2) is 0 Å². The molecule has 1 aromatic heterocycles. The van der Waals surface area contributed by atoms with Crippen molar-refractivity contribution in [2.45, 2.75) is 6.61 Å². The number of hydrogen-bond donors (Lipinski definition) is 0. The van der Waals surface area contributed by atoms with Gasteiger partial charge in [0.15, 0.2) is 0 Å². The molecular formula is C15H11ClO2. The summed E-state index contributed by atoms with van der Waals surface area (Å²) in [6.07, 6.45) is 1.69. The molecule has 0 saturated heterocycles. The van der Waals surface area contributed by atoms with Crippen molar-refractivity contribution in [2.24, 2.45) is 0 Å². The highest BCUT2D eigenvalue weighted by atomic mass is 35.5. The highest BCUT2D eigenvalue weighted by Crippen LogP contribution is 2.29. The highest BCUT2D eigenvalue weighted by molar-refractivity contribution is 6.35. The van der Waals surface area contributed by atoms with Crippen molar-refractivity contribution < 1.29 is 9.15 Å². The van der Waals surface area contributed by atoms with E-state index >= 15 is 0 Å². The predicted molar refractivity (Wildman–Crippen MR) is 72.0 cm³/mol. The Morgan fingerprint density at radius 3 is 2.67 bits per heavy atom. The van der Waals surface area contributed by atoms with Gasteiger partial charge in [-0.1, -0.05) is 35.9 Å². The van der Waals surface area contributed by atoms with Gasteiger partial charge < -0.3 is 9.15 Å². The molecule has 18 heavy (non-hydrogen) atoms. The molecule has 0 radical (unpaired) electrons. The fourth-order valence-electron chi connectivity index (χ4n) is 1.89. The minimum Gasteiger partial charge on any atom is -0.489 e. The average molecular weight is 259 g/mol. The first-order valence-electron chi connectivity index (χ1n) is 5.67. The van der Waals surface area contributed by atoms with E-state index < -0.39 is 0 Å².